The van der Waals surface area contributed by atoms with Crippen molar-refractivity contribution in [2.24, 2.45) is 0 Å². The first-order valence-electron chi connectivity index (χ1n) is 4.85. The molecule has 0 unspecified atom stereocenters. The lowest BCUT2D eigenvalue weighted by Gasteiger charge is -2.25. The summed E-state index contributed by atoms with van der Waals surface area (Å²) in [6.45, 7) is 8.05. The molecule has 1 aromatic carbocycles. The number of halogens is 1. The molecule has 0 saturated carbocycles. The molecule has 0 atom stereocenters. The lowest BCUT2D eigenvalue weighted by Crippen LogP contribution is -2.12. The quantitative estimate of drug-likeness (QED) is 0.770. The Kier molecular flexibility index (Phi) is 3.62. The summed E-state index contributed by atoms with van der Waals surface area (Å²) >= 11 is 10.8. The Balaban J connectivity index is 3.55. The molecule has 0 amide bonds. The third-order valence-corrected chi connectivity index (χ3v) is 3.28. The van der Waals surface area contributed by atoms with Gasteiger partial charge in [-0.15, -0.1) is 0 Å². The van der Waals surface area contributed by atoms with Crippen molar-refractivity contribution in [3.63, 3.8) is 0 Å². The molecule has 1 aromatic rings. The summed E-state index contributed by atoms with van der Waals surface area (Å²) in [6.07, 6.45) is 0. The van der Waals surface area contributed by atoms with E-state index in [-0.39, 0.29) is 4.75 Å². The minimum absolute atomic E-state index is 0.257. The van der Waals surface area contributed by atoms with Gasteiger partial charge in [-0.2, -0.15) is 12.6 Å². The number of hydrogen-bond donors (Lipinski definition) is 1. The zero-order chi connectivity index (χ0) is 11.8. The first-order chi connectivity index (χ1) is 6.79. The Morgan fingerprint density at radius 1 is 1.33 bits per heavy atom. The fourth-order valence-electron chi connectivity index (χ4n) is 1.84. The summed E-state index contributed by atoms with van der Waals surface area (Å²) < 4.78 is 5.12. The number of rotatable bonds is 2. The van der Waals surface area contributed by atoms with Crippen LogP contribution in [-0.2, 0) is 4.75 Å². The smallest absolute Gasteiger partial charge is 0.124 e. The van der Waals surface area contributed by atoms with E-state index in [9.17, 15) is 0 Å². The maximum atomic E-state index is 6.23. The number of benzene rings is 1. The number of thiol groups is 1. The molecule has 1 rings (SSSR count). The molecular weight excluding hydrogens is 228 g/mol. The van der Waals surface area contributed by atoms with Crippen LogP contribution in [0.25, 0.3) is 0 Å². The number of methoxy groups -OCH3 is 1. The molecule has 84 valence electrons. The van der Waals surface area contributed by atoms with Gasteiger partial charge in [-0.25, -0.2) is 0 Å². The summed E-state index contributed by atoms with van der Waals surface area (Å²) in [4.78, 5) is 0. The van der Waals surface area contributed by atoms with E-state index in [4.69, 9.17) is 16.3 Å². The monoisotopic (exact) mass is 244 g/mol. The molecule has 1 nitrogen and oxygen atoms in total. The van der Waals surface area contributed by atoms with Crippen LogP contribution >= 0.6 is 24.2 Å². The highest BCUT2D eigenvalue weighted by molar-refractivity contribution is 7.81. The van der Waals surface area contributed by atoms with Crippen molar-refractivity contribution >= 4 is 24.2 Å². The maximum absolute atomic E-state index is 6.23. The Bertz CT molecular complexity index is 380. The first-order valence-corrected chi connectivity index (χ1v) is 5.68. The van der Waals surface area contributed by atoms with Crippen LogP contribution in [0.15, 0.2) is 6.07 Å². The van der Waals surface area contributed by atoms with E-state index in [2.05, 4.69) is 12.6 Å². The standard InChI is InChI=1S/C12H17ClOS/c1-7-6-9(14-5)10(12(3,4)15)8(2)11(7)13/h6,15H,1-5H3. The molecule has 0 saturated heterocycles. The third kappa shape index (κ3) is 2.43. The van der Waals surface area contributed by atoms with E-state index in [0.717, 1.165) is 27.5 Å². The van der Waals surface area contributed by atoms with Crippen molar-refractivity contribution in [2.45, 2.75) is 32.4 Å². The molecule has 0 aliphatic heterocycles. The van der Waals surface area contributed by atoms with Gasteiger partial charge in [0.05, 0.1) is 7.11 Å². The fourth-order valence-corrected chi connectivity index (χ4v) is 2.27. The molecule has 0 spiro atoms. The average molecular weight is 245 g/mol. The molecule has 0 radical (unpaired) electrons. The van der Waals surface area contributed by atoms with E-state index >= 15 is 0 Å². The van der Waals surface area contributed by atoms with Gasteiger partial charge in [0.2, 0.25) is 0 Å². The van der Waals surface area contributed by atoms with E-state index in [1.165, 1.54) is 0 Å². The van der Waals surface area contributed by atoms with Crippen molar-refractivity contribution in [3.8, 4) is 5.75 Å². The molecule has 0 aliphatic carbocycles. The second kappa shape index (κ2) is 4.26. The van der Waals surface area contributed by atoms with Gasteiger partial charge >= 0.3 is 0 Å². The van der Waals surface area contributed by atoms with Gasteiger partial charge in [0.15, 0.2) is 0 Å². The summed E-state index contributed by atoms with van der Waals surface area (Å²) in [6, 6.07) is 1.96. The Morgan fingerprint density at radius 3 is 2.27 bits per heavy atom. The maximum Gasteiger partial charge on any atom is 0.124 e. The summed E-state index contributed by atoms with van der Waals surface area (Å²) in [5, 5.41) is 0.799. The molecule has 0 aromatic heterocycles. The topological polar surface area (TPSA) is 9.23 Å². The lowest BCUT2D eigenvalue weighted by molar-refractivity contribution is 0.405. The predicted octanol–water partition coefficient (Wildman–Crippen LogP) is 4.13. The molecular formula is C12H17ClOS. The fraction of sp³-hybridized carbons (Fsp3) is 0.500. The molecule has 0 N–H and O–H groups in total. The van der Waals surface area contributed by atoms with Crippen molar-refractivity contribution in [1.82, 2.24) is 0 Å². The van der Waals surface area contributed by atoms with Crippen LogP contribution in [0.3, 0.4) is 0 Å². The SMILES string of the molecule is COc1cc(C)c(Cl)c(C)c1C(C)(C)S. The van der Waals surface area contributed by atoms with E-state index in [1.807, 2.05) is 33.8 Å². The van der Waals surface area contributed by atoms with Crippen molar-refractivity contribution in [2.75, 3.05) is 7.11 Å². The molecule has 0 aliphatic rings. The molecule has 15 heavy (non-hydrogen) atoms. The molecule has 0 heterocycles. The van der Waals surface area contributed by atoms with Crippen molar-refractivity contribution in [3.05, 3.63) is 27.8 Å². The zero-order valence-electron chi connectivity index (χ0n) is 9.81. The van der Waals surface area contributed by atoms with Gasteiger partial charge < -0.3 is 4.74 Å². The molecule has 0 fully saturated rings. The largest absolute Gasteiger partial charge is 0.496 e. The lowest BCUT2D eigenvalue weighted by atomic mass is 9.94. The third-order valence-electron chi connectivity index (χ3n) is 2.48. The summed E-state index contributed by atoms with van der Waals surface area (Å²) in [7, 11) is 1.67. The van der Waals surface area contributed by atoms with Gasteiger partial charge in [-0.3, -0.25) is 0 Å². The van der Waals surface area contributed by atoms with Gasteiger partial charge in [-0.1, -0.05) is 11.6 Å². The van der Waals surface area contributed by atoms with Crippen molar-refractivity contribution < 1.29 is 4.74 Å². The van der Waals surface area contributed by atoms with E-state index < -0.39 is 0 Å². The van der Waals surface area contributed by atoms with Crippen LogP contribution in [0, 0.1) is 13.8 Å². The summed E-state index contributed by atoms with van der Waals surface area (Å²) in [5.74, 6) is 0.856. The van der Waals surface area contributed by atoms with Crippen LogP contribution in [0.2, 0.25) is 5.02 Å². The Hall–Kier alpha value is -0.340. The van der Waals surface area contributed by atoms with Gasteiger partial charge in [0, 0.05) is 15.3 Å². The van der Waals surface area contributed by atoms with Crippen LogP contribution in [0.1, 0.15) is 30.5 Å². The minimum atomic E-state index is -0.257. The highest BCUT2D eigenvalue weighted by Gasteiger charge is 2.24. The van der Waals surface area contributed by atoms with Crippen LogP contribution in [-0.4, -0.2) is 7.11 Å². The van der Waals surface area contributed by atoms with Crippen LogP contribution in [0.5, 0.6) is 5.75 Å². The first kappa shape index (κ1) is 12.7. The average Bonchev–Trinajstić information content (AvgIpc) is 2.11. The normalized spacial score (nSPS) is 11.7. The number of ether oxygens (including phenoxy) is 1. The predicted molar refractivity (Wildman–Crippen MR) is 69.5 cm³/mol. The van der Waals surface area contributed by atoms with Gasteiger partial charge in [0.1, 0.15) is 5.75 Å². The highest BCUT2D eigenvalue weighted by atomic mass is 35.5. The Labute approximate surface area is 102 Å². The van der Waals surface area contributed by atoms with E-state index in [0.29, 0.717) is 0 Å². The number of aryl methyl sites for hydroxylation is 1. The van der Waals surface area contributed by atoms with Gasteiger partial charge in [0.25, 0.3) is 0 Å². The minimum Gasteiger partial charge on any atom is -0.496 e. The second-order valence-corrected chi connectivity index (χ2v) is 5.76. The van der Waals surface area contributed by atoms with Crippen molar-refractivity contribution in [1.29, 1.82) is 0 Å². The Morgan fingerprint density at radius 2 is 1.87 bits per heavy atom. The van der Waals surface area contributed by atoms with Crippen LogP contribution < -0.4 is 4.74 Å². The molecule has 3 heteroatoms. The van der Waals surface area contributed by atoms with E-state index in [1.54, 1.807) is 7.11 Å². The summed E-state index contributed by atoms with van der Waals surface area (Å²) in [5.41, 5.74) is 3.14. The van der Waals surface area contributed by atoms with Gasteiger partial charge in [-0.05, 0) is 44.9 Å². The van der Waals surface area contributed by atoms with Crippen LogP contribution in [0.4, 0.5) is 0 Å². The zero-order valence-corrected chi connectivity index (χ0v) is 11.5. The number of hydrogen-bond acceptors (Lipinski definition) is 2. The highest BCUT2D eigenvalue weighted by Crippen LogP contribution is 2.41. The second-order valence-electron chi connectivity index (χ2n) is 4.27. The molecule has 0 bridgehead atoms.